The number of carboxylic acids is 1. The molecule has 3 unspecified atom stereocenters. The van der Waals surface area contributed by atoms with Gasteiger partial charge in [0.15, 0.2) is 0 Å². The van der Waals surface area contributed by atoms with Crippen LogP contribution < -0.4 is 8.91 Å². The molecule has 2 bridgehead atoms. The van der Waals surface area contributed by atoms with Crippen molar-refractivity contribution in [3.63, 3.8) is 0 Å². The summed E-state index contributed by atoms with van der Waals surface area (Å²) in [7, 11) is 0. The van der Waals surface area contributed by atoms with Crippen molar-refractivity contribution in [2.24, 2.45) is 23.2 Å². The van der Waals surface area contributed by atoms with Gasteiger partial charge in [-0.05, 0) is 78.2 Å². The minimum absolute atomic E-state index is 0.150. The molecule has 172 valence electrons. The Morgan fingerprint density at radius 2 is 1.97 bits per heavy atom. The Morgan fingerprint density at radius 1 is 1.19 bits per heavy atom. The second-order valence-corrected chi connectivity index (χ2v) is 10.7. The summed E-state index contributed by atoms with van der Waals surface area (Å²) in [5.41, 5.74) is 0.320. The van der Waals surface area contributed by atoms with Gasteiger partial charge in [-0.25, -0.2) is 4.72 Å². The van der Waals surface area contributed by atoms with Crippen LogP contribution in [0, 0.1) is 23.2 Å². The molecule has 0 radical (unpaired) electrons. The molecule has 3 aliphatic carbocycles. The summed E-state index contributed by atoms with van der Waals surface area (Å²) in [5, 5.41) is 11.0. The van der Waals surface area contributed by atoms with E-state index < -0.39 is 17.2 Å². The number of benzene rings is 2. The van der Waals surface area contributed by atoms with Crippen molar-refractivity contribution in [2.45, 2.75) is 58.4 Å². The highest BCUT2D eigenvalue weighted by Gasteiger charge is 2.57. The molecule has 5 nitrogen and oxygen atoms in total. The number of nitrogens with one attached hydrogen (secondary N) is 1. The summed E-state index contributed by atoms with van der Waals surface area (Å²) in [6.07, 6.45) is 9.10. The molecule has 0 aliphatic heterocycles. The first-order valence-corrected chi connectivity index (χ1v) is 12.6. The number of hydrogen-bond donors (Lipinski definition) is 2. The third-order valence-electron chi connectivity index (χ3n) is 7.60. The molecular formula is C26H33NO4S. The fourth-order valence-electron chi connectivity index (χ4n) is 5.61. The smallest absolute Gasteiger partial charge is 0.303 e. The highest BCUT2D eigenvalue weighted by Crippen LogP contribution is 2.62. The molecule has 5 atom stereocenters. The van der Waals surface area contributed by atoms with Gasteiger partial charge in [0.2, 0.25) is 0 Å². The van der Waals surface area contributed by atoms with Gasteiger partial charge >= 0.3 is 5.97 Å². The number of fused-ring (bicyclic) bond motifs is 3. The molecule has 0 aromatic heterocycles. The van der Waals surface area contributed by atoms with Gasteiger partial charge in [-0.3, -0.25) is 4.79 Å². The van der Waals surface area contributed by atoms with Crippen LogP contribution in [0.4, 0.5) is 0 Å². The van der Waals surface area contributed by atoms with E-state index in [-0.39, 0.29) is 12.5 Å². The number of carbonyl (C=O) groups is 1. The largest absolute Gasteiger partial charge is 0.481 e. The molecule has 2 aromatic carbocycles. The zero-order valence-electron chi connectivity index (χ0n) is 18.8. The summed E-state index contributed by atoms with van der Waals surface area (Å²) in [4.78, 5) is 10.7. The quantitative estimate of drug-likeness (QED) is 0.359. The number of aliphatic carboxylic acids is 1. The van der Waals surface area contributed by atoms with E-state index in [1.165, 1.54) is 6.42 Å². The average Bonchev–Trinajstić information content (AvgIpc) is 2.76. The maximum atomic E-state index is 12.8. The van der Waals surface area contributed by atoms with E-state index in [4.69, 9.17) is 9.29 Å². The van der Waals surface area contributed by atoms with Crippen molar-refractivity contribution in [3.8, 4) is 5.75 Å². The molecule has 5 rings (SSSR count). The molecule has 3 saturated carbocycles. The summed E-state index contributed by atoms with van der Waals surface area (Å²) in [5.74, 6) is 1.50. The Bertz CT molecular complexity index is 1020. The first-order valence-electron chi connectivity index (χ1n) is 11.6. The Hall–Kier alpha value is -2.18. The lowest BCUT2D eigenvalue weighted by Gasteiger charge is -2.62. The standard InChI is InChI=1S/C26H33NO4S/c1-26(2)20-16-23(26)22(11-5-3-4-6-12-25(28)29)24(17-20)27-32(30)31-21-14-13-18-9-7-8-10-19(18)15-21/h3,5,7-10,13-15,20,22-24,27H,4,6,11-12,16-17H2,1-2H3,(H,28,29)/t20-,22?,23+,24?,32?/m1/s1. The highest BCUT2D eigenvalue weighted by atomic mass is 32.2. The van der Waals surface area contributed by atoms with Gasteiger partial charge in [-0.1, -0.05) is 56.3 Å². The summed E-state index contributed by atoms with van der Waals surface area (Å²) < 4.78 is 21.8. The molecule has 0 spiro atoms. The third-order valence-corrected chi connectivity index (χ3v) is 8.43. The summed E-state index contributed by atoms with van der Waals surface area (Å²) >= 11 is -1.61. The van der Waals surface area contributed by atoms with Crippen molar-refractivity contribution in [1.82, 2.24) is 4.72 Å². The van der Waals surface area contributed by atoms with Crippen LogP contribution in [0.2, 0.25) is 0 Å². The summed E-state index contributed by atoms with van der Waals surface area (Å²) in [6, 6.07) is 14.0. The normalized spacial score (nSPS) is 27.2. The van der Waals surface area contributed by atoms with Crippen LogP contribution >= 0.6 is 0 Å². The van der Waals surface area contributed by atoms with Crippen LogP contribution in [0.3, 0.4) is 0 Å². The van der Waals surface area contributed by atoms with Gasteiger partial charge in [0.05, 0.1) is 0 Å². The molecule has 0 heterocycles. The van der Waals surface area contributed by atoms with Gasteiger partial charge in [-0.15, -0.1) is 0 Å². The molecule has 3 aliphatic rings. The molecule has 32 heavy (non-hydrogen) atoms. The number of allylic oxidation sites excluding steroid dienone is 2. The van der Waals surface area contributed by atoms with Gasteiger partial charge in [0.25, 0.3) is 11.3 Å². The van der Waals surface area contributed by atoms with Crippen molar-refractivity contribution >= 4 is 28.0 Å². The van der Waals surface area contributed by atoms with Crippen LogP contribution in [-0.4, -0.2) is 21.3 Å². The minimum atomic E-state index is -1.61. The molecule has 0 saturated heterocycles. The fraction of sp³-hybridized carbons (Fsp3) is 0.500. The van der Waals surface area contributed by atoms with Crippen LogP contribution in [-0.2, 0) is 16.1 Å². The summed E-state index contributed by atoms with van der Waals surface area (Å²) in [6.45, 7) is 4.71. The highest BCUT2D eigenvalue weighted by molar-refractivity contribution is 7.78. The Labute approximate surface area is 193 Å². The zero-order valence-corrected chi connectivity index (χ0v) is 19.6. The lowest BCUT2D eigenvalue weighted by Crippen LogP contribution is -2.61. The van der Waals surface area contributed by atoms with Crippen molar-refractivity contribution < 1.29 is 18.3 Å². The van der Waals surface area contributed by atoms with Crippen molar-refractivity contribution in [2.75, 3.05) is 0 Å². The van der Waals surface area contributed by atoms with E-state index >= 15 is 0 Å². The van der Waals surface area contributed by atoms with E-state index in [0.29, 0.717) is 35.3 Å². The Kier molecular flexibility index (Phi) is 7.01. The second-order valence-electron chi connectivity index (χ2n) is 9.80. The molecule has 3 fully saturated rings. The van der Waals surface area contributed by atoms with Crippen LogP contribution in [0.25, 0.3) is 10.8 Å². The predicted octanol–water partition coefficient (Wildman–Crippen LogP) is 5.64. The lowest BCUT2D eigenvalue weighted by molar-refractivity contribution is -0.137. The van der Waals surface area contributed by atoms with E-state index in [1.807, 2.05) is 42.5 Å². The minimum Gasteiger partial charge on any atom is -0.481 e. The monoisotopic (exact) mass is 455 g/mol. The molecule has 6 heteroatoms. The maximum Gasteiger partial charge on any atom is 0.303 e. The van der Waals surface area contributed by atoms with E-state index in [9.17, 15) is 9.00 Å². The molecule has 2 N–H and O–H groups in total. The topological polar surface area (TPSA) is 75.6 Å². The Balaban J connectivity index is 1.37. The van der Waals surface area contributed by atoms with Gasteiger partial charge in [0.1, 0.15) is 5.75 Å². The van der Waals surface area contributed by atoms with E-state index in [0.717, 1.165) is 30.0 Å². The number of carboxylic acid groups (broad SMARTS) is 1. The average molecular weight is 456 g/mol. The van der Waals surface area contributed by atoms with Crippen molar-refractivity contribution in [3.05, 3.63) is 54.6 Å². The number of unbranched alkanes of at least 4 members (excludes halogenated alkanes) is 1. The SMILES string of the molecule is CC1(C)[C@H]2CC(NS(=O)Oc3ccc4ccccc4c3)C(CC=CCCCC(=O)O)[C@@H]1C2. The number of rotatable bonds is 10. The lowest BCUT2D eigenvalue weighted by atomic mass is 9.44. The first-order chi connectivity index (χ1) is 15.3. The van der Waals surface area contributed by atoms with Crippen LogP contribution in [0.1, 0.15) is 52.4 Å². The van der Waals surface area contributed by atoms with Crippen LogP contribution in [0.15, 0.2) is 54.6 Å². The second kappa shape index (κ2) is 9.75. The van der Waals surface area contributed by atoms with Gasteiger partial charge < -0.3 is 9.29 Å². The third kappa shape index (κ3) is 5.07. The predicted molar refractivity (Wildman–Crippen MR) is 128 cm³/mol. The van der Waals surface area contributed by atoms with E-state index in [2.05, 4.69) is 30.7 Å². The van der Waals surface area contributed by atoms with Gasteiger partial charge in [-0.2, -0.15) is 4.21 Å². The zero-order chi connectivity index (χ0) is 22.7. The fourth-order valence-corrected chi connectivity index (χ4v) is 6.45. The first kappa shape index (κ1) is 23.0. The molecule has 2 aromatic rings. The van der Waals surface area contributed by atoms with Crippen molar-refractivity contribution in [1.29, 1.82) is 0 Å². The van der Waals surface area contributed by atoms with Crippen LogP contribution in [0.5, 0.6) is 5.75 Å². The van der Waals surface area contributed by atoms with E-state index in [1.54, 1.807) is 0 Å². The van der Waals surface area contributed by atoms with Gasteiger partial charge in [0, 0.05) is 12.5 Å². The number of hydrogen-bond acceptors (Lipinski definition) is 3. The molecule has 0 amide bonds. The molecular weight excluding hydrogens is 422 g/mol. The Morgan fingerprint density at radius 3 is 2.72 bits per heavy atom. The maximum absolute atomic E-state index is 12.8.